The summed E-state index contributed by atoms with van der Waals surface area (Å²) in [7, 11) is 0. The average Bonchev–Trinajstić information content (AvgIpc) is 2.46. The van der Waals surface area contributed by atoms with Crippen LogP contribution in [0.5, 0.6) is 0 Å². The minimum absolute atomic E-state index is 0.116. The first kappa shape index (κ1) is 17.0. The van der Waals surface area contributed by atoms with Gasteiger partial charge < -0.3 is 9.64 Å². The van der Waals surface area contributed by atoms with Crippen molar-refractivity contribution in [1.29, 1.82) is 0 Å². The molecule has 5 nitrogen and oxygen atoms in total. The summed E-state index contributed by atoms with van der Waals surface area (Å²) in [5.41, 5.74) is 0.169. The van der Waals surface area contributed by atoms with Crippen LogP contribution >= 0.6 is 23.2 Å². The number of nitrogens with zero attached hydrogens (tertiary/aromatic N) is 2. The van der Waals surface area contributed by atoms with Crippen LogP contribution in [0.2, 0.25) is 10.2 Å². The van der Waals surface area contributed by atoms with Gasteiger partial charge in [-0.15, -0.1) is 0 Å². The van der Waals surface area contributed by atoms with Crippen LogP contribution in [0.3, 0.4) is 0 Å². The van der Waals surface area contributed by atoms with Crippen molar-refractivity contribution in [1.82, 2.24) is 9.88 Å². The highest BCUT2D eigenvalue weighted by atomic mass is 35.5. The van der Waals surface area contributed by atoms with Crippen molar-refractivity contribution in [2.45, 2.75) is 20.3 Å². The number of esters is 1. The predicted molar refractivity (Wildman–Crippen MR) is 84.1 cm³/mol. The lowest BCUT2D eigenvalue weighted by molar-refractivity contribution is -0.137. The van der Waals surface area contributed by atoms with Crippen LogP contribution in [-0.2, 0) is 9.53 Å². The number of rotatable bonds is 3. The molecule has 0 N–H and O–H groups in total. The molecule has 2 rings (SSSR count). The molecule has 1 aliphatic heterocycles. The van der Waals surface area contributed by atoms with Gasteiger partial charge in [0, 0.05) is 19.3 Å². The number of hydrogen-bond acceptors (Lipinski definition) is 4. The quantitative estimate of drug-likeness (QED) is 0.624. The molecule has 1 amide bonds. The summed E-state index contributed by atoms with van der Waals surface area (Å²) in [6.07, 6.45) is 2.38. The summed E-state index contributed by atoms with van der Waals surface area (Å²) in [5, 5.41) is 0.284. The molecule has 0 saturated carbocycles. The molecular formula is C15H18Cl2N2O3. The number of likely N-dealkylation sites (tertiary alicyclic amines) is 1. The Hall–Kier alpha value is -1.33. The number of hydrogen-bond donors (Lipinski definition) is 0. The van der Waals surface area contributed by atoms with Crippen molar-refractivity contribution < 1.29 is 14.3 Å². The predicted octanol–water partition coefficient (Wildman–Crippen LogP) is 3.05. The van der Waals surface area contributed by atoms with Crippen molar-refractivity contribution in [3.05, 3.63) is 28.0 Å². The van der Waals surface area contributed by atoms with E-state index in [4.69, 9.17) is 27.9 Å². The van der Waals surface area contributed by atoms with E-state index >= 15 is 0 Å². The number of ether oxygens (including phenoxy) is 1. The van der Waals surface area contributed by atoms with Crippen molar-refractivity contribution >= 4 is 35.1 Å². The molecule has 0 aromatic carbocycles. The van der Waals surface area contributed by atoms with E-state index in [-0.39, 0.29) is 28.3 Å². The van der Waals surface area contributed by atoms with Crippen molar-refractivity contribution in [3.8, 4) is 0 Å². The summed E-state index contributed by atoms with van der Waals surface area (Å²) in [6, 6.07) is 1.37. The monoisotopic (exact) mass is 344 g/mol. The minimum Gasteiger partial charge on any atom is -0.452 e. The molecule has 1 saturated heterocycles. The van der Waals surface area contributed by atoms with Crippen LogP contribution in [0, 0.1) is 11.8 Å². The lowest BCUT2D eigenvalue weighted by Gasteiger charge is -2.34. The SMILES string of the molecule is C[C@H]1C[C@H](C)CN(C(=O)COC(=O)c2cnc(Cl)c(Cl)c2)C1. The molecule has 2 heterocycles. The van der Waals surface area contributed by atoms with E-state index < -0.39 is 5.97 Å². The summed E-state index contributed by atoms with van der Waals surface area (Å²) in [4.78, 5) is 29.5. The Labute approximate surface area is 139 Å². The third kappa shape index (κ3) is 4.34. The largest absolute Gasteiger partial charge is 0.452 e. The van der Waals surface area contributed by atoms with E-state index in [9.17, 15) is 9.59 Å². The first-order chi connectivity index (χ1) is 10.4. The number of halogens is 2. The number of carbonyl (C=O) groups is 2. The fourth-order valence-corrected chi connectivity index (χ4v) is 2.97. The summed E-state index contributed by atoms with van der Waals surface area (Å²) >= 11 is 11.5. The second-order valence-corrected chi connectivity index (χ2v) is 6.58. The third-order valence-electron chi connectivity index (χ3n) is 3.58. The average molecular weight is 345 g/mol. The molecule has 1 aliphatic rings. The normalized spacial score (nSPS) is 21.5. The van der Waals surface area contributed by atoms with E-state index in [2.05, 4.69) is 18.8 Å². The van der Waals surface area contributed by atoms with E-state index in [0.717, 1.165) is 6.42 Å². The molecule has 0 unspecified atom stereocenters. The first-order valence-corrected chi connectivity index (χ1v) is 7.88. The van der Waals surface area contributed by atoms with Crippen LogP contribution in [-0.4, -0.2) is 41.5 Å². The highest BCUT2D eigenvalue weighted by molar-refractivity contribution is 6.41. The van der Waals surface area contributed by atoms with Gasteiger partial charge in [0.2, 0.25) is 0 Å². The van der Waals surface area contributed by atoms with Crippen molar-refractivity contribution in [2.75, 3.05) is 19.7 Å². The Morgan fingerprint density at radius 3 is 2.55 bits per heavy atom. The third-order valence-corrected chi connectivity index (χ3v) is 4.27. The molecule has 0 radical (unpaired) electrons. The fourth-order valence-electron chi connectivity index (χ4n) is 2.70. The van der Waals surface area contributed by atoms with Gasteiger partial charge in [0.15, 0.2) is 6.61 Å². The van der Waals surface area contributed by atoms with Gasteiger partial charge in [0.05, 0.1) is 10.6 Å². The second-order valence-electron chi connectivity index (χ2n) is 5.82. The topological polar surface area (TPSA) is 59.5 Å². The number of amides is 1. The van der Waals surface area contributed by atoms with Gasteiger partial charge in [0.1, 0.15) is 5.15 Å². The Kier molecular flexibility index (Phi) is 5.64. The molecule has 1 fully saturated rings. The Bertz CT molecular complexity index is 570. The Morgan fingerprint density at radius 2 is 1.95 bits per heavy atom. The molecule has 0 aliphatic carbocycles. The molecule has 0 spiro atoms. The van der Waals surface area contributed by atoms with E-state index in [1.165, 1.54) is 12.3 Å². The molecule has 1 aromatic heterocycles. The van der Waals surface area contributed by atoms with E-state index in [1.807, 2.05) is 0 Å². The number of pyridine rings is 1. The van der Waals surface area contributed by atoms with Gasteiger partial charge in [-0.25, -0.2) is 9.78 Å². The van der Waals surface area contributed by atoms with Crippen LogP contribution in [0.25, 0.3) is 0 Å². The fraction of sp³-hybridized carbons (Fsp3) is 0.533. The molecule has 22 heavy (non-hydrogen) atoms. The molecule has 7 heteroatoms. The molecule has 1 aromatic rings. The molecule has 0 bridgehead atoms. The molecule has 2 atom stereocenters. The van der Waals surface area contributed by atoms with Gasteiger partial charge in [-0.05, 0) is 24.3 Å². The molecular weight excluding hydrogens is 327 g/mol. The van der Waals surface area contributed by atoms with Crippen LogP contribution < -0.4 is 0 Å². The molecule has 120 valence electrons. The van der Waals surface area contributed by atoms with Gasteiger partial charge in [-0.2, -0.15) is 0 Å². The lowest BCUT2D eigenvalue weighted by atomic mass is 9.92. The minimum atomic E-state index is -0.641. The number of piperidine rings is 1. The maximum atomic E-state index is 12.1. The van der Waals surface area contributed by atoms with Gasteiger partial charge in [0.25, 0.3) is 5.91 Å². The zero-order valence-corrected chi connectivity index (χ0v) is 14.0. The van der Waals surface area contributed by atoms with Crippen LogP contribution in [0.15, 0.2) is 12.3 Å². The standard InChI is InChI=1S/C15H18Cl2N2O3/c1-9-3-10(2)7-19(6-9)13(20)8-22-15(21)11-4-12(16)14(17)18-5-11/h4-5,9-10H,3,6-8H2,1-2H3/t9-,10-/m0/s1. The first-order valence-electron chi connectivity index (χ1n) is 7.12. The lowest BCUT2D eigenvalue weighted by Crippen LogP contribution is -2.44. The maximum Gasteiger partial charge on any atom is 0.340 e. The van der Waals surface area contributed by atoms with Crippen molar-refractivity contribution in [3.63, 3.8) is 0 Å². The van der Waals surface area contributed by atoms with Gasteiger partial charge in [-0.1, -0.05) is 37.0 Å². The smallest absolute Gasteiger partial charge is 0.340 e. The van der Waals surface area contributed by atoms with Crippen LogP contribution in [0.4, 0.5) is 0 Å². The van der Waals surface area contributed by atoms with Crippen molar-refractivity contribution in [2.24, 2.45) is 11.8 Å². The van der Waals surface area contributed by atoms with Crippen LogP contribution in [0.1, 0.15) is 30.6 Å². The Morgan fingerprint density at radius 1 is 1.32 bits per heavy atom. The van der Waals surface area contributed by atoms with E-state index in [1.54, 1.807) is 4.90 Å². The summed E-state index contributed by atoms with van der Waals surface area (Å²) in [6.45, 7) is 5.36. The van der Waals surface area contributed by atoms with Gasteiger partial charge in [-0.3, -0.25) is 4.79 Å². The number of carbonyl (C=O) groups excluding carboxylic acids is 2. The van der Waals surface area contributed by atoms with E-state index in [0.29, 0.717) is 24.9 Å². The van der Waals surface area contributed by atoms with Gasteiger partial charge >= 0.3 is 5.97 Å². The zero-order valence-electron chi connectivity index (χ0n) is 12.5. The zero-order chi connectivity index (χ0) is 16.3. The number of aromatic nitrogens is 1. The Balaban J connectivity index is 1.90. The summed E-state index contributed by atoms with van der Waals surface area (Å²) in [5.74, 6) is 0.0997. The maximum absolute atomic E-state index is 12.1. The highest BCUT2D eigenvalue weighted by Crippen LogP contribution is 2.22. The second kappa shape index (κ2) is 7.29. The summed E-state index contributed by atoms with van der Waals surface area (Å²) < 4.78 is 5.04. The highest BCUT2D eigenvalue weighted by Gasteiger charge is 2.26.